The molecule has 1 atom stereocenters. The van der Waals surface area contributed by atoms with Gasteiger partial charge in [0, 0.05) is 18.0 Å². The Morgan fingerprint density at radius 3 is 3.20 bits per heavy atom. The summed E-state index contributed by atoms with van der Waals surface area (Å²) in [6.07, 6.45) is 3.59. The number of thiazole rings is 1. The van der Waals surface area contributed by atoms with Gasteiger partial charge in [-0.2, -0.15) is 0 Å². The highest BCUT2D eigenvalue weighted by atomic mass is 32.1. The van der Waals surface area contributed by atoms with Crippen molar-refractivity contribution in [1.82, 2.24) is 9.88 Å². The monoisotopic (exact) mass is 225 g/mol. The Hall–Kier alpha value is -0.610. The minimum absolute atomic E-state index is 0.583. The van der Waals surface area contributed by atoms with Crippen molar-refractivity contribution in [2.24, 2.45) is 0 Å². The van der Waals surface area contributed by atoms with E-state index in [2.05, 4.69) is 34.6 Å². The summed E-state index contributed by atoms with van der Waals surface area (Å²) in [6, 6.07) is 0.583. The normalized spacial score (nSPS) is 22.9. The van der Waals surface area contributed by atoms with Crippen LogP contribution in [-0.4, -0.2) is 36.1 Å². The standard InChI is InChI=1S/C11H19N3S/c1-3-9-8-15-11(12-9)13-10-5-4-6-14(2)7-10/h8,10H,3-7H2,1-2H3,(H,12,13). The van der Waals surface area contributed by atoms with E-state index in [-0.39, 0.29) is 0 Å². The van der Waals surface area contributed by atoms with E-state index < -0.39 is 0 Å². The average Bonchev–Trinajstić information content (AvgIpc) is 2.65. The summed E-state index contributed by atoms with van der Waals surface area (Å²) in [4.78, 5) is 6.92. The minimum Gasteiger partial charge on any atom is -0.357 e. The van der Waals surface area contributed by atoms with Gasteiger partial charge in [-0.05, 0) is 32.9 Å². The number of hydrogen-bond acceptors (Lipinski definition) is 4. The molecular weight excluding hydrogens is 206 g/mol. The third kappa shape index (κ3) is 2.92. The van der Waals surface area contributed by atoms with Gasteiger partial charge in [0.05, 0.1) is 5.69 Å². The van der Waals surface area contributed by atoms with Gasteiger partial charge in [0.25, 0.3) is 0 Å². The molecule has 0 spiro atoms. The van der Waals surface area contributed by atoms with Crippen molar-refractivity contribution < 1.29 is 0 Å². The summed E-state index contributed by atoms with van der Waals surface area (Å²) in [5, 5.41) is 6.77. The molecule has 1 aromatic heterocycles. The SMILES string of the molecule is CCc1csc(NC2CCCN(C)C2)n1. The highest BCUT2D eigenvalue weighted by molar-refractivity contribution is 7.13. The zero-order valence-corrected chi connectivity index (χ0v) is 10.3. The van der Waals surface area contributed by atoms with Gasteiger partial charge in [0.1, 0.15) is 0 Å². The number of likely N-dealkylation sites (N-methyl/N-ethyl adjacent to an activating group) is 1. The molecule has 0 aliphatic carbocycles. The van der Waals surface area contributed by atoms with Crippen molar-refractivity contribution in [2.75, 3.05) is 25.5 Å². The number of aryl methyl sites for hydroxylation is 1. The van der Waals surface area contributed by atoms with E-state index in [9.17, 15) is 0 Å². The van der Waals surface area contributed by atoms with Gasteiger partial charge in [-0.1, -0.05) is 6.92 Å². The van der Waals surface area contributed by atoms with Crippen LogP contribution in [0.2, 0.25) is 0 Å². The molecule has 84 valence electrons. The topological polar surface area (TPSA) is 28.2 Å². The first-order valence-corrected chi connectivity index (χ1v) is 6.55. The van der Waals surface area contributed by atoms with Crippen molar-refractivity contribution in [3.8, 4) is 0 Å². The van der Waals surface area contributed by atoms with Crippen LogP contribution in [0.15, 0.2) is 5.38 Å². The second-order valence-corrected chi connectivity index (χ2v) is 5.10. The first-order chi connectivity index (χ1) is 7.28. The number of aromatic nitrogens is 1. The second-order valence-electron chi connectivity index (χ2n) is 4.24. The first kappa shape index (κ1) is 10.9. The van der Waals surface area contributed by atoms with Crippen LogP contribution in [0.4, 0.5) is 5.13 Å². The Balaban J connectivity index is 1.90. The Bertz CT molecular complexity index is 311. The third-order valence-electron chi connectivity index (χ3n) is 2.87. The zero-order chi connectivity index (χ0) is 10.7. The summed E-state index contributed by atoms with van der Waals surface area (Å²) < 4.78 is 0. The van der Waals surface area contributed by atoms with Gasteiger partial charge < -0.3 is 10.2 Å². The van der Waals surface area contributed by atoms with Crippen molar-refractivity contribution in [2.45, 2.75) is 32.2 Å². The van der Waals surface area contributed by atoms with Crippen molar-refractivity contribution in [3.63, 3.8) is 0 Å². The quantitative estimate of drug-likeness (QED) is 0.855. The minimum atomic E-state index is 0.583. The lowest BCUT2D eigenvalue weighted by molar-refractivity contribution is 0.261. The fourth-order valence-corrected chi connectivity index (χ4v) is 2.87. The van der Waals surface area contributed by atoms with Crippen LogP contribution in [0.1, 0.15) is 25.5 Å². The van der Waals surface area contributed by atoms with E-state index in [0.29, 0.717) is 6.04 Å². The van der Waals surface area contributed by atoms with Gasteiger partial charge in [-0.15, -0.1) is 11.3 Å². The van der Waals surface area contributed by atoms with Crippen molar-refractivity contribution in [3.05, 3.63) is 11.1 Å². The van der Waals surface area contributed by atoms with Crippen molar-refractivity contribution >= 4 is 16.5 Å². The fourth-order valence-electron chi connectivity index (χ4n) is 1.99. The first-order valence-electron chi connectivity index (χ1n) is 5.67. The van der Waals surface area contributed by atoms with E-state index in [1.807, 2.05) is 0 Å². The molecule has 0 aromatic carbocycles. The molecule has 1 aliphatic heterocycles. The lowest BCUT2D eigenvalue weighted by atomic mass is 10.1. The Labute approximate surface area is 95.5 Å². The number of nitrogens with zero attached hydrogens (tertiary/aromatic N) is 2. The van der Waals surface area contributed by atoms with Gasteiger partial charge in [-0.25, -0.2) is 4.98 Å². The molecule has 0 amide bonds. The van der Waals surface area contributed by atoms with E-state index in [4.69, 9.17) is 0 Å². The molecule has 15 heavy (non-hydrogen) atoms. The highest BCUT2D eigenvalue weighted by Gasteiger charge is 2.17. The summed E-state index contributed by atoms with van der Waals surface area (Å²) >= 11 is 1.73. The Kier molecular flexibility index (Phi) is 3.59. The fraction of sp³-hybridized carbons (Fsp3) is 0.727. The summed E-state index contributed by atoms with van der Waals surface area (Å²) in [6.45, 7) is 4.52. The molecule has 1 saturated heterocycles. The molecule has 1 N–H and O–H groups in total. The predicted molar refractivity (Wildman–Crippen MR) is 65.6 cm³/mol. The van der Waals surface area contributed by atoms with Gasteiger partial charge in [0.2, 0.25) is 0 Å². The second kappa shape index (κ2) is 4.94. The van der Waals surface area contributed by atoms with E-state index in [0.717, 1.165) is 18.1 Å². The van der Waals surface area contributed by atoms with Gasteiger partial charge in [0.15, 0.2) is 5.13 Å². The lowest BCUT2D eigenvalue weighted by Gasteiger charge is -2.29. The summed E-state index contributed by atoms with van der Waals surface area (Å²) in [5.41, 5.74) is 1.20. The maximum Gasteiger partial charge on any atom is 0.183 e. The average molecular weight is 225 g/mol. The van der Waals surface area contributed by atoms with Gasteiger partial charge >= 0.3 is 0 Å². The number of hydrogen-bond donors (Lipinski definition) is 1. The molecule has 0 radical (unpaired) electrons. The number of likely N-dealkylation sites (tertiary alicyclic amines) is 1. The van der Waals surface area contributed by atoms with Crippen LogP contribution in [0, 0.1) is 0 Å². The maximum absolute atomic E-state index is 4.54. The lowest BCUT2D eigenvalue weighted by Crippen LogP contribution is -2.39. The molecule has 1 fully saturated rings. The molecule has 2 rings (SSSR count). The Morgan fingerprint density at radius 1 is 1.67 bits per heavy atom. The van der Waals surface area contributed by atoms with Crippen LogP contribution in [-0.2, 0) is 6.42 Å². The van der Waals surface area contributed by atoms with E-state index >= 15 is 0 Å². The maximum atomic E-state index is 4.54. The number of nitrogens with one attached hydrogen (secondary N) is 1. The molecule has 0 saturated carbocycles. The summed E-state index contributed by atoms with van der Waals surface area (Å²) in [5.74, 6) is 0. The largest absolute Gasteiger partial charge is 0.357 e. The van der Waals surface area contributed by atoms with Crippen LogP contribution in [0.5, 0.6) is 0 Å². The molecule has 0 bridgehead atoms. The molecule has 1 unspecified atom stereocenters. The molecule has 1 aliphatic rings. The third-order valence-corrected chi connectivity index (χ3v) is 3.69. The summed E-state index contributed by atoms with van der Waals surface area (Å²) in [7, 11) is 2.19. The zero-order valence-electron chi connectivity index (χ0n) is 9.49. The van der Waals surface area contributed by atoms with Gasteiger partial charge in [-0.3, -0.25) is 0 Å². The molecule has 4 heteroatoms. The number of rotatable bonds is 3. The highest BCUT2D eigenvalue weighted by Crippen LogP contribution is 2.19. The molecular formula is C11H19N3S. The van der Waals surface area contributed by atoms with Crippen LogP contribution in [0.25, 0.3) is 0 Å². The number of anilines is 1. The molecule has 2 heterocycles. The molecule has 1 aromatic rings. The Morgan fingerprint density at radius 2 is 2.53 bits per heavy atom. The molecule has 3 nitrogen and oxygen atoms in total. The van der Waals surface area contributed by atoms with Crippen LogP contribution < -0.4 is 5.32 Å². The van der Waals surface area contributed by atoms with E-state index in [1.54, 1.807) is 11.3 Å². The van der Waals surface area contributed by atoms with E-state index in [1.165, 1.54) is 25.1 Å². The number of piperidine rings is 1. The van der Waals surface area contributed by atoms with Crippen LogP contribution >= 0.6 is 11.3 Å². The smallest absolute Gasteiger partial charge is 0.183 e. The predicted octanol–water partition coefficient (Wildman–Crippen LogP) is 2.21. The van der Waals surface area contributed by atoms with Crippen LogP contribution in [0.3, 0.4) is 0 Å². The van der Waals surface area contributed by atoms with Crippen molar-refractivity contribution in [1.29, 1.82) is 0 Å².